The molecule has 0 spiro atoms. The van der Waals surface area contributed by atoms with Gasteiger partial charge in [-0.3, -0.25) is 0 Å². The van der Waals surface area contributed by atoms with Gasteiger partial charge < -0.3 is 0 Å². The van der Waals surface area contributed by atoms with E-state index in [0.29, 0.717) is 5.41 Å². The molecule has 0 amide bonds. The molecule has 0 radical (unpaired) electrons. The van der Waals surface area contributed by atoms with Gasteiger partial charge in [-0.2, -0.15) is 0 Å². The van der Waals surface area contributed by atoms with Crippen LogP contribution in [0.1, 0.15) is 52.9 Å². The number of hydrogen-bond donors (Lipinski definition) is 0. The molecule has 1 atom stereocenters. The largest absolute Gasteiger partial charge is 0.0922 e. The minimum Gasteiger partial charge on any atom is -0.0922 e. The number of halogens is 2. The van der Waals surface area contributed by atoms with Crippen LogP contribution < -0.4 is 0 Å². The highest BCUT2D eigenvalue weighted by atomic mass is 79.9. The van der Waals surface area contributed by atoms with Crippen LogP contribution in [0.3, 0.4) is 0 Å². The highest BCUT2D eigenvalue weighted by molar-refractivity contribution is 9.09. The first-order chi connectivity index (χ1) is 6.64. The molecule has 0 saturated carbocycles. The molecule has 0 aliphatic heterocycles. The van der Waals surface area contributed by atoms with E-state index in [2.05, 4.69) is 52.6 Å². The van der Waals surface area contributed by atoms with Crippen LogP contribution in [0.4, 0.5) is 0 Å². The summed E-state index contributed by atoms with van der Waals surface area (Å²) in [6.07, 6.45) is 6.65. The minimum absolute atomic E-state index is 0.489. The third-order valence-electron chi connectivity index (χ3n) is 2.91. The fourth-order valence-electron chi connectivity index (χ4n) is 2.24. The molecule has 0 nitrogen and oxygen atoms in total. The standard InChI is InChI=1S/C12H24Br2/c1-4-6-11(3)8-12(9-13,10-14)7-5-2/h11H,4-10H2,1-3H3. The van der Waals surface area contributed by atoms with Crippen molar-refractivity contribution >= 4 is 31.9 Å². The van der Waals surface area contributed by atoms with Crippen molar-refractivity contribution in [1.82, 2.24) is 0 Å². The fraction of sp³-hybridized carbons (Fsp3) is 1.00. The van der Waals surface area contributed by atoms with Crippen molar-refractivity contribution in [1.29, 1.82) is 0 Å². The normalized spacial score (nSPS) is 14.4. The van der Waals surface area contributed by atoms with Crippen LogP contribution in [0.15, 0.2) is 0 Å². The van der Waals surface area contributed by atoms with E-state index in [4.69, 9.17) is 0 Å². The predicted octanol–water partition coefficient (Wildman–Crippen LogP) is 5.39. The zero-order chi connectivity index (χ0) is 11.0. The molecular formula is C12H24Br2. The molecule has 0 aromatic rings. The summed E-state index contributed by atoms with van der Waals surface area (Å²) in [4.78, 5) is 0. The molecule has 0 bridgehead atoms. The summed E-state index contributed by atoms with van der Waals surface area (Å²) in [6, 6.07) is 0. The second kappa shape index (κ2) is 8.15. The van der Waals surface area contributed by atoms with Crippen molar-refractivity contribution in [2.45, 2.75) is 52.9 Å². The zero-order valence-electron chi connectivity index (χ0n) is 9.78. The fourth-order valence-corrected chi connectivity index (χ4v) is 4.19. The van der Waals surface area contributed by atoms with Crippen molar-refractivity contribution in [3.8, 4) is 0 Å². The van der Waals surface area contributed by atoms with Crippen molar-refractivity contribution in [3.05, 3.63) is 0 Å². The van der Waals surface area contributed by atoms with Gasteiger partial charge in [-0.05, 0) is 24.2 Å². The topological polar surface area (TPSA) is 0 Å². The number of hydrogen-bond acceptors (Lipinski definition) is 0. The van der Waals surface area contributed by atoms with E-state index < -0.39 is 0 Å². The lowest BCUT2D eigenvalue weighted by atomic mass is 9.78. The molecule has 2 heteroatoms. The van der Waals surface area contributed by atoms with Gasteiger partial charge in [-0.25, -0.2) is 0 Å². The molecule has 0 fully saturated rings. The van der Waals surface area contributed by atoms with Crippen molar-refractivity contribution in [3.63, 3.8) is 0 Å². The van der Waals surface area contributed by atoms with E-state index in [1.165, 1.54) is 32.1 Å². The smallest absolute Gasteiger partial charge is 0.00960 e. The van der Waals surface area contributed by atoms with Crippen LogP contribution in [-0.4, -0.2) is 10.7 Å². The second-order valence-corrected chi connectivity index (χ2v) is 5.74. The van der Waals surface area contributed by atoms with E-state index in [0.717, 1.165) is 16.6 Å². The maximum absolute atomic E-state index is 3.68. The van der Waals surface area contributed by atoms with Crippen molar-refractivity contribution < 1.29 is 0 Å². The molecule has 0 aliphatic carbocycles. The van der Waals surface area contributed by atoms with Crippen LogP contribution in [0.25, 0.3) is 0 Å². The summed E-state index contributed by atoms with van der Waals surface area (Å²) in [7, 11) is 0. The lowest BCUT2D eigenvalue weighted by Crippen LogP contribution is -2.27. The summed E-state index contributed by atoms with van der Waals surface area (Å²) in [5.41, 5.74) is 0.489. The SMILES string of the molecule is CCCC(C)CC(CBr)(CBr)CCC. The molecule has 0 heterocycles. The van der Waals surface area contributed by atoms with Gasteiger partial charge in [0.1, 0.15) is 0 Å². The number of alkyl halides is 2. The summed E-state index contributed by atoms with van der Waals surface area (Å²) in [5, 5.41) is 2.26. The molecule has 0 saturated heterocycles. The third kappa shape index (κ3) is 5.16. The van der Waals surface area contributed by atoms with Gasteiger partial charge >= 0.3 is 0 Å². The van der Waals surface area contributed by atoms with Gasteiger partial charge in [0.15, 0.2) is 0 Å². The Hall–Kier alpha value is 0.960. The van der Waals surface area contributed by atoms with E-state index >= 15 is 0 Å². The molecule has 0 N–H and O–H groups in total. The Morgan fingerprint density at radius 2 is 1.64 bits per heavy atom. The first-order valence-electron chi connectivity index (χ1n) is 5.76. The highest BCUT2D eigenvalue weighted by Gasteiger charge is 2.28. The maximum Gasteiger partial charge on any atom is 0.00960 e. The first kappa shape index (κ1) is 15.0. The molecule has 1 unspecified atom stereocenters. The molecule has 0 aromatic heterocycles. The third-order valence-corrected chi connectivity index (χ3v) is 5.29. The van der Waals surface area contributed by atoms with Crippen LogP contribution in [-0.2, 0) is 0 Å². The Labute approximate surface area is 106 Å². The van der Waals surface area contributed by atoms with Gasteiger partial charge in [-0.15, -0.1) is 0 Å². The lowest BCUT2D eigenvalue weighted by Gasteiger charge is -2.32. The number of rotatable bonds is 8. The van der Waals surface area contributed by atoms with Crippen LogP contribution in [0.2, 0.25) is 0 Å². The summed E-state index contributed by atoms with van der Waals surface area (Å²) >= 11 is 7.37. The molecule has 86 valence electrons. The Morgan fingerprint density at radius 1 is 1.07 bits per heavy atom. The van der Waals surface area contributed by atoms with E-state index in [1.807, 2.05) is 0 Å². The van der Waals surface area contributed by atoms with E-state index in [-0.39, 0.29) is 0 Å². The van der Waals surface area contributed by atoms with Gasteiger partial charge in [0, 0.05) is 10.7 Å². The van der Waals surface area contributed by atoms with Crippen LogP contribution in [0.5, 0.6) is 0 Å². The van der Waals surface area contributed by atoms with Crippen LogP contribution >= 0.6 is 31.9 Å². The average molecular weight is 328 g/mol. The molecule has 0 aliphatic rings. The van der Waals surface area contributed by atoms with Gasteiger partial charge in [0.2, 0.25) is 0 Å². The first-order valence-corrected chi connectivity index (χ1v) is 8.00. The zero-order valence-corrected chi connectivity index (χ0v) is 13.0. The van der Waals surface area contributed by atoms with Crippen LogP contribution in [0, 0.1) is 11.3 Å². The lowest BCUT2D eigenvalue weighted by molar-refractivity contribution is 0.263. The van der Waals surface area contributed by atoms with Crippen molar-refractivity contribution in [2.24, 2.45) is 11.3 Å². The van der Waals surface area contributed by atoms with E-state index in [9.17, 15) is 0 Å². The average Bonchev–Trinajstić information content (AvgIpc) is 2.17. The summed E-state index contributed by atoms with van der Waals surface area (Å²) in [5.74, 6) is 0.863. The summed E-state index contributed by atoms with van der Waals surface area (Å²) in [6.45, 7) is 6.95. The second-order valence-electron chi connectivity index (χ2n) is 4.62. The molecule has 0 rings (SSSR count). The monoisotopic (exact) mass is 326 g/mol. The quantitative estimate of drug-likeness (QED) is 0.524. The summed E-state index contributed by atoms with van der Waals surface area (Å²) < 4.78 is 0. The van der Waals surface area contributed by atoms with E-state index in [1.54, 1.807) is 0 Å². The Bertz CT molecular complexity index is 130. The van der Waals surface area contributed by atoms with Crippen molar-refractivity contribution in [2.75, 3.05) is 10.7 Å². The highest BCUT2D eigenvalue weighted by Crippen LogP contribution is 2.36. The Balaban J connectivity index is 4.18. The van der Waals surface area contributed by atoms with Gasteiger partial charge in [0.25, 0.3) is 0 Å². The Kier molecular flexibility index (Phi) is 8.71. The molecular weight excluding hydrogens is 304 g/mol. The Morgan fingerprint density at radius 3 is 2.00 bits per heavy atom. The molecule has 0 aromatic carbocycles. The molecule has 14 heavy (non-hydrogen) atoms. The predicted molar refractivity (Wildman–Crippen MR) is 73.6 cm³/mol. The minimum atomic E-state index is 0.489. The maximum atomic E-state index is 3.68. The van der Waals surface area contributed by atoms with Gasteiger partial charge in [0.05, 0.1) is 0 Å². The van der Waals surface area contributed by atoms with Gasteiger partial charge in [-0.1, -0.05) is 71.9 Å².